The lowest BCUT2D eigenvalue weighted by molar-refractivity contribution is -0.384. The third-order valence-electron chi connectivity index (χ3n) is 5.02. The quantitative estimate of drug-likeness (QED) is 0.311. The van der Waals surface area contributed by atoms with Crippen LogP contribution in [-0.2, 0) is 4.79 Å². The van der Waals surface area contributed by atoms with Crippen molar-refractivity contribution in [2.75, 3.05) is 0 Å². The van der Waals surface area contributed by atoms with Crippen LogP contribution in [0.25, 0.3) is 5.69 Å². The standard InChI is InChI=1S/C24H25N5O4/c1-16(2)22(26-23(30)18-11-9-17(3)10-12-18)24(31)27-25-15-21-8-5-13-28(21)19-6-4-7-20(14-19)29(32)33/h4-16,22H,1-3H3,(H,26,30)(H,27,31)/b25-15-. The Kier molecular flexibility index (Phi) is 7.34. The zero-order chi connectivity index (χ0) is 24.0. The molecule has 1 heterocycles. The Hall–Kier alpha value is -4.27. The first-order valence-corrected chi connectivity index (χ1v) is 10.4. The van der Waals surface area contributed by atoms with E-state index in [1.54, 1.807) is 47.2 Å². The molecule has 0 aliphatic carbocycles. The van der Waals surface area contributed by atoms with Gasteiger partial charge in [-0.25, -0.2) is 5.43 Å². The average molecular weight is 447 g/mol. The van der Waals surface area contributed by atoms with Gasteiger partial charge in [0.05, 0.1) is 22.5 Å². The number of hydrogen-bond acceptors (Lipinski definition) is 5. The molecule has 2 amide bonds. The summed E-state index contributed by atoms with van der Waals surface area (Å²) in [5.41, 5.74) is 5.15. The second kappa shape index (κ2) is 10.4. The van der Waals surface area contributed by atoms with Crippen LogP contribution >= 0.6 is 0 Å². The fraction of sp³-hybridized carbons (Fsp3) is 0.208. The molecular formula is C24H25N5O4. The van der Waals surface area contributed by atoms with Crippen LogP contribution in [0.1, 0.15) is 35.5 Å². The lowest BCUT2D eigenvalue weighted by Crippen LogP contribution is -2.48. The first kappa shape index (κ1) is 23.4. The van der Waals surface area contributed by atoms with Crippen LogP contribution in [0.5, 0.6) is 0 Å². The minimum atomic E-state index is -0.778. The monoisotopic (exact) mass is 447 g/mol. The predicted octanol–water partition coefficient (Wildman–Crippen LogP) is 3.60. The normalized spacial score (nSPS) is 12.0. The summed E-state index contributed by atoms with van der Waals surface area (Å²) < 4.78 is 1.71. The van der Waals surface area contributed by atoms with E-state index in [1.807, 2.05) is 32.9 Å². The highest BCUT2D eigenvalue weighted by Gasteiger charge is 2.24. The number of carbonyl (C=O) groups is 2. The van der Waals surface area contributed by atoms with Crippen LogP contribution in [-0.4, -0.2) is 33.6 Å². The molecule has 0 spiro atoms. The van der Waals surface area contributed by atoms with Gasteiger partial charge in [-0.15, -0.1) is 0 Å². The Bertz CT molecular complexity index is 1180. The molecule has 9 nitrogen and oxygen atoms in total. The molecule has 170 valence electrons. The molecule has 0 aliphatic rings. The molecule has 0 radical (unpaired) electrons. The maximum atomic E-state index is 12.7. The van der Waals surface area contributed by atoms with Gasteiger partial charge in [0.2, 0.25) is 0 Å². The number of nitrogens with one attached hydrogen (secondary N) is 2. The van der Waals surface area contributed by atoms with Crippen molar-refractivity contribution in [3.63, 3.8) is 0 Å². The van der Waals surface area contributed by atoms with Crippen molar-refractivity contribution >= 4 is 23.7 Å². The van der Waals surface area contributed by atoms with Crippen LogP contribution < -0.4 is 10.7 Å². The summed E-state index contributed by atoms with van der Waals surface area (Å²) in [6.07, 6.45) is 3.18. The zero-order valence-corrected chi connectivity index (χ0v) is 18.6. The van der Waals surface area contributed by atoms with E-state index in [0.717, 1.165) is 5.56 Å². The topological polar surface area (TPSA) is 119 Å². The fourth-order valence-corrected chi connectivity index (χ4v) is 3.19. The van der Waals surface area contributed by atoms with Crippen molar-refractivity contribution in [3.05, 3.63) is 93.8 Å². The van der Waals surface area contributed by atoms with Crippen LogP contribution in [0, 0.1) is 23.0 Å². The highest BCUT2D eigenvalue weighted by Crippen LogP contribution is 2.18. The van der Waals surface area contributed by atoms with Crippen molar-refractivity contribution in [1.29, 1.82) is 0 Å². The minimum absolute atomic E-state index is 0.0264. The molecule has 2 N–H and O–H groups in total. The van der Waals surface area contributed by atoms with Gasteiger partial charge in [-0.3, -0.25) is 19.7 Å². The number of nitro groups is 1. The highest BCUT2D eigenvalue weighted by atomic mass is 16.6. The molecule has 1 atom stereocenters. The van der Waals surface area contributed by atoms with Gasteiger partial charge in [0.25, 0.3) is 17.5 Å². The molecule has 9 heteroatoms. The number of nitrogens with zero attached hydrogens (tertiary/aromatic N) is 3. The molecule has 3 rings (SSSR count). The number of non-ortho nitro benzene ring substituents is 1. The van der Waals surface area contributed by atoms with E-state index in [4.69, 9.17) is 0 Å². The smallest absolute Gasteiger partial charge is 0.271 e. The molecule has 0 saturated heterocycles. The predicted molar refractivity (Wildman–Crippen MR) is 125 cm³/mol. The van der Waals surface area contributed by atoms with Crippen molar-refractivity contribution in [1.82, 2.24) is 15.3 Å². The number of rotatable bonds is 8. The zero-order valence-electron chi connectivity index (χ0n) is 18.6. The Balaban J connectivity index is 1.69. The van der Waals surface area contributed by atoms with E-state index in [0.29, 0.717) is 16.9 Å². The second-order valence-corrected chi connectivity index (χ2v) is 7.88. The number of nitro benzene ring substituents is 1. The molecular weight excluding hydrogens is 422 g/mol. The summed E-state index contributed by atoms with van der Waals surface area (Å²) in [6, 6.07) is 16.0. The van der Waals surface area contributed by atoms with Crippen LogP contribution in [0.15, 0.2) is 72.0 Å². The van der Waals surface area contributed by atoms with E-state index in [-0.39, 0.29) is 17.5 Å². The van der Waals surface area contributed by atoms with E-state index in [1.165, 1.54) is 18.3 Å². The van der Waals surface area contributed by atoms with E-state index >= 15 is 0 Å². The molecule has 0 saturated carbocycles. The summed E-state index contributed by atoms with van der Waals surface area (Å²) in [6.45, 7) is 5.59. The van der Waals surface area contributed by atoms with Crippen LogP contribution in [0.3, 0.4) is 0 Å². The summed E-state index contributed by atoms with van der Waals surface area (Å²) in [5.74, 6) is -0.953. The highest BCUT2D eigenvalue weighted by molar-refractivity contribution is 5.97. The molecule has 0 aliphatic heterocycles. The summed E-state index contributed by atoms with van der Waals surface area (Å²) in [5, 5.41) is 17.8. The summed E-state index contributed by atoms with van der Waals surface area (Å²) >= 11 is 0. The molecule has 1 unspecified atom stereocenters. The Morgan fingerprint density at radius 2 is 1.82 bits per heavy atom. The van der Waals surface area contributed by atoms with Crippen molar-refractivity contribution in [3.8, 4) is 5.69 Å². The van der Waals surface area contributed by atoms with Crippen LogP contribution in [0.4, 0.5) is 5.69 Å². The fourth-order valence-electron chi connectivity index (χ4n) is 3.19. The Morgan fingerprint density at radius 3 is 2.48 bits per heavy atom. The number of amides is 2. The first-order valence-electron chi connectivity index (χ1n) is 10.4. The maximum Gasteiger partial charge on any atom is 0.271 e. The molecule has 2 aromatic carbocycles. The molecule has 3 aromatic rings. The first-order chi connectivity index (χ1) is 15.8. The summed E-state index contributed by atoms with van der Waals surface area (Å²) in [7, 11) is 0. The number of hydrazone groups is 1. The van der Waals surface area contributed by atoms with E-state index in [2.05, 4.69) is 15.8 Å². The maximum absolute atomic E-state index is 12.7. The van der Waals surface area contributed by atoms with Crippen molar-refractivity contribution in [2.45, 2.75) is 26.8 Å². The number of aromatic nitrogens is 1. The Labute approximate surface area is 191 Å². The van der Waals surface area contributed by atoms with Gasteiger partial charge < -0.3 is 9.88 Å². The lowest BCUT2D eigenvalue weighted by Gasteiger charge is -2.20. The van der Waals surface area contributed by atoms with Gasteiger partial charge in [0, 0.05) is 23.9 Å². The molecule has 0 bridgehead atoms. The van der Waals surface area contributed by atoms with Gasteiger partial charge in [-0.05, 0) is 43.2 Å². The van der Waals surface area contributed by atoms with Gasteiger partial charge in [0.1, 0.15) is 6.04 Å². The number of benzene rings is 2. The number of hydrogen-bond donors (Lipinski definition) is 2. The SMILES string of the molecule is Cc1ccc(C(=O)NC(C(=O)N/N=C\c2cccn2-c2cccc([N+](=O)[O-])c2)C(C)C)cc1. The van der Waals surface area contributed by atoms with E-state index in [9.17, 15) is 19.7 Å². The van der Waals surface area contributed by atoms with Crippen molar-refractivity contribution in [2.24, 2.45) is 11.0 Å². The molecule has 0 fully saturated rings. The summed E-state index contributed by atoms with van der Waals surface area (Å²) in [4.78, 5) is 35.8. The minimum Gasteiger partial charge on any atom is -0.340 e. The number of carbonyl (C=O) groups excluding carboxylic acids is 2. The molecule has 33 heavy (non-hydrogen) atoms. The third kappa shape index (κ3) is 5.91. The van der Waals surface area contributed by atoms with Crippen molar-refractivity contribution < 1.29 is 14.5 Å². The van der Waals surface area contributed by atoms with Crippen LogP contribution in [0.2, 0.25) is 0 Å². The van der Waals surface area contributed by atoms with Gasteiger partial charge >= 0.3 is 0 Å². The second-order valence-electron chi connectivity index (χ2n) is 7.88. The van der Waals surface area contributed by atoms with Gasteiger partial charge in [-0.2, -0.15) is 5.10 Å². The lowest BCUT2D eigenvalue weighted by atomic mass is 10.0. The van der Waals surface area contributed by atoms with Gasteiger partial charge in [0.15, 0.2) is 0 Å². The largest absolute Gasteiger partial charge is 0.340 e. The Morgan fingerprint density at radius 1 is 1.09 bits per heavy atom. The average Bonchev–Trinajstić information content (AvgIpc) is 3.26. The molecule has 1 aromatic heterocycles. The van der Waals surface area contributed by atoms with Gasteiger partial charge in [-0.1, -0.05) is 37.6 Å². The number of aryl methyl sites for hydroxylation is 1. The third-order valence-corrected chi connectivity index (χ3v) is 5.02. The van der Waals surface area contributed by atoms with E-state index < -0.39 is 16.9 Å².